The number of amides is 2. The highest BCUT2D eigenvalue weighted by atomic mass is 32.2. The minimum absolute atomic E-state index is 0.129. The Morgan fingerprint density at radius 2 is 1.89 bits per heavy atom. The number of esters is 1. The molecule has 3 N–H and O–H groups in total. The van der Waals surface area contributed by atoms with Crippen LogP contribution in [0.2, 0.25) is 0 Å². The SMILES string of the molecule is COC(=O)CNC(=O)NS(=O)(=O)NC1CCCC1. The molecule has 18 heavy (non-hydrogen) atoms. The van der Waals surface area contributed by atoms with Crippen LogP contribution in [0.1, 0.15) is 25.7 Å². The van der Waals surface area contributed by atoms with Crippen LogP contribution in [0, 0.1) is 0 Å². The van der Waals surface area contributed by atoms with Gasteiger partial charge >= 0.3 is 22.2 Å². The van der Waals surface area contributed by atoms with Crippen LogP contribution >= 0.6 is 0 Å². The molecule has 8 nitrogen and oxygen atoms in total. The van der Waals surface area contributed by atoms with Gasteiger partial charge in [0.25, 0.3) is 0 Å². The van der Waals surface area contributed by atoms with E-state index < -0.39 is 22.2 Å². The molecule has 1 rings (SSSR count). The first-order chi connectivity index (χ1) is 8.43. The first-order valence-corrected chi connectivity index (χ1v) is 7.06. The predicted molar refractivity (Wildman–Crippen MR) is 62.9 cm³/mol. The lowest BCUT2D eigenvalue weighted by Crippen LogP contribution is -2.48. The molecule has 0 atom stereocenters. The minimum atomic E-state index is -3.88. The zero-order chi connectivity index (χ0) is 13.6. The van der Waals surface area contributed by atoms with E-state index in [1.807, 2.05) is 0 Å². The van der Waals surface area contributed by atoms with Crippen molar-refractivity contribution in [2.24, 2.45) is 0 Å². The summed E-state index contributed by atoms with van der Waals surface area (Å²) in [6.07, 6.45) is 3.48. The molecule has 9 heteroatoms. The Morgan fingerprint density at radius 1 is 1.28 bits per heavy atom. The number of hydrogen-bond donors (Lipinski definition) is 3. The van der Waals surface area contributed by atoms with Gasteiger partial charge in [0, 0.05) is 6.04 Å². The van der Waals surface area contributed by atoms with Crippen LogP contribution in [0.5, 0.6) is 0 Å². The second kappa shape index (κ2) is 6.55. The van der Waals surface area contributed by atoms with E-state index in [-0.39, 0.29) is 12.6 Å². The maximum Gasteiger partial charge on any atom is 0.329 e. The van der Waals surface area contributed by atoms with Crippen molar-refractivity contribution in [2.75, 3.05) is 13.7 Å². The highest BCUT2D eigenvalue weighted by Gasteiger charge is 2.22. The topological polar surface area (TPSA) is 114 Å². The van der Waals surface area contributed by atoms with E-state index in [9.17, 15) is 18.0 Å². The molecule has 1 saturated carbocycles. The molecule has 104 valence electrons. The van der Waals surface area contributed by atoms with Crippen molar-refractivity contribution in [2.45, 2.75) is 31.7 Å². The number of methoxy groups -OCH3 is 1. The van der Waals surface area contributed by atoms with Gasteiger partial charge in [-0.2, -0.15) is 13.1 Å². The molecule has 0 spiro atoms. The quantitative estimate of drug-likeness (QED) is 0.572. The molecule has 0 aromatic heterocycles. The summed E-state index contributed by atoms with van der Waals surface area (Å²) >= 11 is 0. The van der Waals surface area contributed by atoms with Crippen molar-refractivity contribution >= 4 is 22.2 Å². The molecule has 0 radical (unpaired) electrons. The predicted octanol–water partition coefficient (Wildman–Crippen LogP) is -0.764. The molecule has 0 bridgehead atoms. The second-order valence-corrected chi connectivity index (χ2v) is 5.41. The lowest BCUT2D eigenvalue weighted by Gasteiger charge is -2.13. The van der Waals surface area contributed by atoms with Crippen molar-refractivity contribution < 1.29 is 22.7 Å². The number of nitrogens with one attached hydrogen (secondary N) is 3. The Kier molecular flexibility index (Phi) is 5.35. The summed E-state index contributed by atoms with van der Waals surface area (Å²) in [6, 6.07) is -1.10. The first-order valence-electron chi connectivity index (χ1n) is 5.57. The molecule has 1 aliphatic rings. The lowest BCUT2D eigenvalue weighted by molar-refractivity contribution is -0.139. The number of rotatable bonds is 5. The smallest absolute Gasteiger partial charge is 0.329 e. The zero-order valence-electron chi connectivity index (χ0n) is 10.1. The highest BCUT2D eigenvalue weighted by molar-refractivity contribution is 7.88. The summed E-state index contributed by atoms with van der Waals surface area (Å²) in [5.74, 6) is -0.661. The fourth-order valence-electron chi connectivity index (χ4n) is 1.68. The third-order valence-electron chi connectivity index (χ3n) is 2.53. The van der Waals surface area contributed by atoms with E-state index in [1.54, 1.807) is 4.72 Å². The van der Waals surface area contributed by atoms with Crippen molar-refractivity contribution in [3.05, 3.63) is 0 Å². The normalized spacial score (nSPS) is 16.3. The second-order valence-electron chi connectivity index (χ2n) is 3.96. The van der Waals surface area contributed by atoms with Gasteiger partial charge in [-0.1, -0.05) is 12.8 Å². The molecule has 1 fully saturated rings. The van der Waals surface area contributed by atoms with E-state index in [1.165, 1.54) is 7.11 Å². The number of carbonyl (C=O) groups excluding carboxylic acids is 2. The molecule has 0 saturated heterocycles. The molecule has 1 aliphatic carbocycles. The van der Waals surface area contributed by atoms with Gasteiger partial charge in [-0.25, -0.2) is 9.52 Å². The van der Waals surface area contributed by atoms with Crippen LogP contribution < -0.4 is 14.8 Å². The Bertz CT molecular complexity index is 402. The lowest BCUT2D eigenvalue weighted by atomic mass is 10.3. The fraction of sp³-hybridized carbons (Fsp3) is 0.778. The number of hydrogen-bond acceptors (Lipinski definition) is 5. The van der Waals surface area contributed by atoms with E-state index in [4.69, 9.17) is 0 Å². The molecule has 0 unspecified atom stereocenters. The van der Waals surface area contributed by atoms with E-state index in [0.717, 1.165) is 25.7 Å². The average Bonchev–Trinajstić information content (AvgIpc) is 2.76. The van der Waals surface area contributed by atoms with Crippen LogP contribution in [0.4, 0.5) is 4.79 Å². The summed E-state index contributed by atoms with van der Waals surface area (Å²) in [5.41, 5.74) is 0. The van der Waals surface area contributed by atoms with Crippen molar-refractivity contribution in [1.82, 2.24) is 14.8 Å². The number of urea groups is 1. The summed E-state index contributed by atoms with van der Waals surface area (Å²) in [5, 5.41) is 2.07. The van der Waals surface area contributed by atoms with Gasteiger partial charge in [0.2, 0.25) is 0 Å². The summed E-state index contributed by atoms with van der Waals surface area (Å²) < 4.78 is 31.5. The van der Waals surface area contributed by atoms with Crippen molar-refractivity contribution in [3.63, 3.8) is 0 Å². The maximum atomic E-state index is 11.5. The Hall–Kier alpha value is -1.35. The number of carbonyl (C=O) groups is 2. The molecule has 0 heterocycles. The fourth-order valence-corrected chi connectivity index (χ4v) is 2.72. The monoisotopic (exact) mass is 279 g/mol. The van der Waals surface area contributed by atoms with Crippen LogP contribution in [-0.2, 0) is 19.7 Å². The van der Waals surface area contributed by atoms with E-state index >= 15 is 0 Å². The highest BCUT2D eigenvalue weighted by Crippen LogP contribution is 2.17. The molecule has 0 aliphatic heterocycles. The van der Waals surface area contributed by atoms with Crippen LogP contribution in [0.25, 0.3) is 0 Å². The Balaban J connectivity index is 2.34. The van der Waals surface area contributed by atoms with Gasteiger partial charge in [0.15, 0.2) is 0 Å². The minimum Gasteiger partial charge on any atom is -0.468 e. The third kappa shape index (κ3) is 5.32. The molecule has 2 amide bonds. The Labute approximate surface area is 106 Å². The molecule has 0 aromatic rings. The average molecular weight is 279 g/mol. The van der Waals surface area contributed by atoms with Gasteiger partial charge in [0.1, 0.15) is 6.54 Å². The summed E-state index contributed by atoms with van der Waals surface area (Å²) in [4.78, 5) is 21.9. The zero-order valence-corrected chi connectivity index (χ0v) is 10.9. The first kappa shape index (κ1) is 14.7. The largest absolute Gasteiger partial charge is 0.468 e. The van der Waals surface area contributed by atoms with Gasteiger partial charge < -0.3 is 10.1 Å². The van der Waals surface area contributed by atoms with Gasteiger partial charge in [-0.15, -0.1) is 0 Å². The van der Waals surface area contributed by atoms with Crippen LogP contribution in [0.15, 0.2) is 0 Å². The van der Waals surface area contributed by atoms with Crippen molar-refractivity contribution in [3.8, 4) is 0 Å². The van der Waals surface area contributed by atoms with E-state index in [2.05, 4.69) is 14.8 Å². The molecule has 0 aromatic carbocycles. The van der Waals surface area contributed by atoms with Gasteiger partial charge in [-0.3, -0.25) is 4.79 Å². The standard InChI is InChI=1S/C9H17N3O5S/c1-17-8(13)6-10-9(14)12-18(15,16)11-7-4-2-3-5-7/h7,11H,2-6H2,1H3,(H2,10,12,14). The van der Waals surface area contributed by atoms with Gasteiger partial charge in [-0.05, 0) is 12.8 Å². The summed E-state index contributed by atoms with van der Waals surface area (Å²) in [7, 11) is -2.72. The van der Waals surface area contributed by atoms with Crippen molar-refractivity contribution in [1.29, 1.82) is 0 Å². The maximum absolute atomic E-state index is 11.5. The van der Waals surface area contributed by atoms with Crippen LogP contribution in [0.3, 0.4) is 0 Å². The molecular formula is C9H17N3O5S. The number of ether oxygens (including phenoxy) is 1. The summed E-state index contributed by atoms with van der Waals surface area (Å²) in [6.45, 7) is -0.388. The third-order valence-corrected chi connectivity index (χ3v) is 3.62. The van der Waals surface area contributed by atoms with Gasteiger partial charge in [0.05, 0.1) is 7.11 Å². The molecular weight excluding hydrogens is 262 g/mol. The van der Waals surface area contributed by atoms with E-state index in [0.29, 0.717) is 0 Å². The van der Waals surface area contributed by atoms with Crippen LogP contribution in [-0.4, -0.2) is 40.1 Å². The Morgan fingerprint density at radius 3 is 2.44 bits per heavy atom.